The molecule has 0 aromatic carbocycles. The van der Waals surface area contributed by atoms with Crippen molar-refractivity contribution in [3.63, 3.8) is 0 Å². The molecule has 1 aliphatic carbocycles. The van der Waals surface area contributed by atoms with Gasteiger partial charge < -0.3 is 0 Å². The number of ketones is 1. The monoisotopic (exact) mass is 180 g/mol. The van der Waals surface area contributed by atoms with Crippen LogP contribution in [-0.2, 0) is 4.79 Å². The van der Waals surface area contributed by atoms with Crippen LogP contribution >= 0.6 is 0 Å². The first-order chi connectivity index (χ1) is 6.24. The van der Waals surface area contributed by atoms with Gasteiger partial charge in [-0.25, -0.2) is 0 Å². The molecule has 0 bridgehead atoms. The SMILES string of the molecule is C=CCCC1CCC(C(C)=O)CC1. The van der Waals surface area contributed by atoms with E-state index in [9.17, 15) is 4.79 Å². The maximum Gasteiger partial charge on any atom is 0.132 e. The van der Waals surface area contributed by atoms with Crippen LogP contribution in [0, 0.1) is 11.8 Å². The molecule has 74 valence electrons. The normalized spacial score (nSPS) is 28.4. The third kappa shape index (κ3) is 3.33. The highest BCUT2D eigenvalue weighted by Gasteiger charge is 2.23. The lowest BCUT2D eigenvalue weighted by Crippen LogP contribution is -2.19. The van der Waals surface area contributed by atoms with Crippen molar-refractivity contribution in [2.75, 3.05) is 0 Å². The minimum atomic E-state index is 0.375. The summed E-state index contributed by atoms with van der Waals surface area (Å²) < 4.78 is 0. The fraction of sp³-hybridized carbons (Fsp3) is 0.750. The number of Topliss-reactive ketones (excluding diaryl/α,β-unsaturated/α-hetero) is 1. The summed E-state index contributed by atoms with van der Waals surface area (Å²) in [5, 5.41) is 0. The van der Waals surface area contributed by atoms with E-state index >= 15 is 0 Å². The van der Waals surface area contributed by atoms with Crippen LogP contribution in [0.2, 0.25) is 0 Å². The Morgan fingerprint density at radius 3 is 2.46 bits per heavy atom. The Morgan fingerprint density at radius 1 is 1.38 bits per heavy atom. The molecule has 0 radical (unpaired) electrons. The van der Waals surface area contributed by atoms with Gasteiger partial charge in [0.15, 0.2) is 0 Å². The molecule has 0 spiro atoms. The van der Waals surface area contributed by atoms with E-state index in [2.05, 4.69) is 6.58 Å². The average molecular weight is 180 g/mol. The molecule has 0 amide bonds. The number of carbonyl (C=O) groups excluding carboxylic acids is 1. The van der Waals surface area contributed by atoms with Gasteiger partial charge in [0.05, 0.1) is 0 Å². The van der Waals surface area contributed by atoms with Crippen LogP contribution in [0.25, 0.3) is 0 Å². The summed E-state index contributed by atoms with van der Waals surface area (Å²) in [5.74, 6) is 1.62. The quantitative estimate of drug-likeness (QED) is 0.606. The first kappa shape index (κ1) is 10.5. The van der Waals surface area contributed by atoms with E-state index in [0.717, 1.165) is 25.2 Å². The molecule has 0 heterocycles. The molecule has 1 nitrogen and oxygen atoms in total. The third-order valence-electron chi connectivity index (χ3n) is 3.20. The molecule has 0 unspecified atom stereocenters. The number of allylic oxidation sites excluding steroid dienone is 1. The summed E-state index contributed by atoms with van der Waals surface area (Å²) in [6, 6.07) is 0. The summed E-state index contributed by atoms with van der Waals surface area (Å²) in [6.07, 6.45) is 9.14. The topological polar surface area (TPSA) is 17.1 Å². The van der Waals surface area contributed by atoms with Crippen molar-refractivity contribution in [1.29, 1.82) is 0 Å². The van der Waals surface area contributed by atoms with Gasteiger partial charge in [-0.3, -0.25) is 4.79 Å². The number of hydrogen-bond donors (Lipinski definition) is 0. The highest BCUT2D eigenvalue weighted by molar-refractivity contribution is 5.78. The average Bonchev–Trinajstić information content (AvgIpc) is 2.15. The van der Waals surface area contributed by atoms with Crippen LogP contribution in [-0.4, -0.2) is 5.78 Å². The second kappa shape index (κ2) is 5.21. The molecule has 13 heavy (non-hydrogen) atoms. The van der Waals surface area contributed by atoms with Crippen molar-refractivity contribution in [2.45, 2.75) is 45.4 Å². The molecule has 0 N–H and O–H groups in total. The molecular weight excluding hydrogens is 160 g/mol. The van der Waals surface area contributed by atoms with Crippen molar-refractivity contribution < 1.29 is 4.79 Å². The Hall–Kier alpha value is -0.590. The zero-order chi connectivity index (χ0) is 9.68. The molecular formula is C12H20O. The van der Waals surface area contributed by atoms with Crippen molar-refractivity contribution in [1.82, 2.24) is 0 Å². The summed E-state index contributed by atoms with van der Waals surface area (Å²) in [7, 11) is 0. The maximum atomic E-state index is 11.1. The fourth-order valence-electron chi connectivity index (χ4n) is 2.21. The first-order valence-electron chi connectivity index (χ1n) is 5.35. The standard InChI is InChI=1S/C12H20O/c1-3-4-5-11-6-8-12(9-7-11)10(2)13/h3,11-12H,1,4-9H2,2H3. The van der Waals surface area contributed by atoms with E-state index < -0.39 is 0 Å². The van der Waals surface area contributed by atoms with Gasteiger partial charge in [-0.2, -0.15) is 0 Å². The van der Waals surface area contributed by atoms with Crippen molar-refractivity contribution in [3.8, 4) is 0 Å². The molecule has 0 aliphatic heterocycles. The van der Waals surface area contributed by atoms with Gasteiger partial charge in [-0.15, -0.1) is 6.58 Å². The van der Waals surface area contributed by atoms with Crippen LogP contribution < -0.4 is 0 Å². The Labute approximate surface area is 81.2 Å². The van der Waals surface area contributed by atoms with Gasteiger partial charge in [0.2, 0.25) is 0 Å². The van der Waals surface area contributed by atoms with Gasteiger partial charge >= 0.3 is 0 Å². The molecule has 1 heteroatoms. The fourth-order valence-corrected chi connectivity index (χ4v) is 2.21. The van der Waals surface area contributed by atoms with E-state index in [1.807, 2.05) is 6.08 Å². The second-order valence-corrected chi connectivity index (χ2v) is 4.19. The lowest BCUT2D eigenvalue weighted by atomic mass is 9.78. The Kier molecular flexibility index (Phi) is 4.20. The summed E-state index contributed by atoms with van der Waals surface area (Å²) >= 11 is 0. The predicted octanol–water partition coefficient (Wildman–Crippen LogP) is 3.35. The molecule has 0 aromatic rings. The van der Waals surface area contributed by atoms with Gasteiger partial charge in [0, 0.05) is 5.92 Å². The smallest absolute Gasteiger partial charge is 0.132 e. The maximum absolute atomic E-state index is 11.1. The van der Waals surface area contributed by atoms with Crippen molar-refractivity contribution in [3.05, 3.63) is 12.7 Å². The Morgan fingerprint density at radius 2 is 2.00 bits per heavy atom. The first-order valence-corrected chi connectivity index (χ1v) is 5.35. The van der Waals surface area contributed by atoms with E-state index in [1.165, 1.54) is 19.3 Å². The largest absolute Gasteiger partial charge is 0.300 e. The summed E-state index contributed by atoms with van der Waals surface area (Å²) in [4.78, 5) is 11.1. The van der Waals surface area contributed by atoms with Gasteiger partial charge in [-0.05, 0) is 51.4 Å². The highest BCUT2D eigenvalue weighted by atomic mass is 16.1. The van der Waals surface area contributed by atoms with E-state index in [-0.39, 0.29) is 0 Å². The van der Waals surface area contributed by atoms with E-state index in [4.69, 9.17) is 0 Å². The summed E-state index contributed by atoms with van der Waals surface area (Å²) in [5.41, 5.74) is 0. The van der Waals surface area contributed by atoms with E-state index in [0.29, 0.717) is 11.7 Å². The second-order valence-electron chi connectivity index (χ2n) is 4.19. The Balaban J connectivity index is 2.22. The van der Waals surface area contributed by atoms with Gasteiger partial charge in [-0.1, -0.05) is 6.08 Å². The van der Waals surface area contributed by atoms with Crippen LogP contribution in [0.4, 0.5) is 0 Å². The lowest BCUT2D eigenvalue weighted by molar-refractivity contribution is -0.121. The zero-order valence-electron chi connectivity index (χ0n) is 8.59. The molecule has 0 saturated heterocycles. The molecule has 1 saturated carbocycles. The minimum absolute atomic E-state index is 0.375. The zero-order valence-corrected chi connectivity index (χ0v) is 8.59. The molecule has 1 fully saturated rings. The Bertz CT molecular complexity index is 176. The van der Waals surface area contributed by atoms with Crippen molar-refractivity contribution >= 4 is 5.78 Å². The predicted molar refractivity (Wildman–Crippen MR) is 55.6 cm³/mol. The van der Waals surface area contributed by atoms with Crippen molar-refractivity contribution in [2.24, 2.45) is 11.8 Å². The van der Waals surface area contributed by atoms with Gasteiger partial charge in [0.25, 0.3) is 0 Å². The molecule has 1 rings (SSSR count). The lowest BCUT2D eigenvalue weighted by Gasteiger charge is -2.26. The molecule has 1 aliphatic rings. The van der Waals surface area contributed by atoms with E-state index in [1.54, 1.807) is 6.92 Å². The summed E-state index contributed by atoms with van der Waals surface area (Å²) in [6.45, 7) is 5.47. The number of rotatable bonds is 4. The van der Waals surface area contributed by atoms with Gasteiger partial charge in [0.1, 0.15) is 5.78 Å². The number of hydrogen-bond acceptors (Lipinski definition) is 1. The molecule has 0 aromatic heterocycles. The highest BCUT2D eigenvalue weighted by Crippen LogP contribution is 2.31. The molecule has 0 atom stereocenters. The van der Waals surface area contributed by atoms with Crippen LogP contribution in [0.5, 0.6) is 0 Å². The third-order valence-corrected chi connectivity index (χ3v) is 3.20. The van der Waals surface area contributed by atoms with Crippen LogP contribution in [0.3, 0.4) is 0 Å². The number of carbonyl (C=O) groups is 1. The van der Waals surface area contributed by atoms with Crippen LogP contribution in [0.15, 0.2) is 12.7 Å². The minimum Gasteiger partial charge on any atom is -0.300 e. The van der Waals surface area contributed by atoms with Crippen LogP contribution in [0.1, 0.15) is 45.4 Å².